The van der Waals surface area contributed by atoms with E-state index >= 15 is 0 Å². The maximum atomic E-state index is 12.3. The molecule has 2 N–H and O–H groups in total. The number of hydrogen-bond donors (Lipinski definition) is 2. The van der Waals surface area contributed by atoms with Gasteiger partial charge in [-0.1, -0.05) is 23.7 Å². The molecule has 0 aliphatic heterocycles. The summed E-state index contributed by atoms with van der Waals surface area (Å²) in [6.07, 6.45) is 1.44. The minimum atomic E-state index is -1.10. The second kappa shape index (κ2) is 7.79. The van der Waals surface area contributed by atoms with Crippen molar-refractivity contribution >= 4 is 35.0 Å². The van der Waals surface area contributed by atoms with Gasteiger partial charge in [-0.15, -0.1) is 0 Å². The summed E-state index contributed by atoms with van der Waals surface area (Å²) >= 11 is 5.99. The molecule has 0 aliphatic rings. The lowest BCUT2D eigenvalue weighted by Gasteiger charge is -2.21. The lowest BCUT2D eigenvalue weighted by atomic mass is 10.2. The van der Waals surface area contributed by atoms with Crippen LogP contribution in [0.3, 0.4) is 0 Å². The molecule has 0 bridgehead atoms. The Kier molecular flexibility index (Phi) is 5.76. The van der Waals surface area contributed by atoms with Gasteiger partial charge in [-0.3, -0.25) is 4.79 Å². The van der Waals surface area contributed by atoms with Crippen LogP contribution in [0.15, 0.2) is 36.5 Å². The smallest absolute Gasteiger partial charge is 0.339 e. The first-order valence-electron chi connectivity index (χ1n) is 7.52. The first kappa shape index (κ1) is 17.7. The predicted molar refractivity (Wildman–Crippen MR) is 94.2 cm³/mol. The molecule has 126 valence electrons. The van der Waals surface area contributed by atoms with Crippen LogP contribution >= 0.6 is 11.6 Å². The summed E-state index contributed by atoms with van der Waals surface area (Å²) in [5, 5.41) is 12.4. The third-order valence-electron chi connectivity index (χ3n) is 3.54. The zero-order valence-electron chi connectivity index (χ0n) is 13.4. The van der Waals surface area contributed by atoms with E-state index < -0.39 is 11.9 Å². The molecule has 6 nitrogen and oxygen atoms in total. The summed E-state index contributed by atoms with van der Waals surface area (Å²) in [5.41, 5.74) is 0.646. The molecule has 1 amide bonds. The fourth-order valence-corrected chi connectivity index (χ4v) is 2.52. The Morgan fingerprint density at radius 1 is 1.21 bits per heavy atom. The van der Waals surface area contributed by atoms with Crippen LogP contribution in [0.2, 0.25) is 5.02 Å². The van der Waals surface area contributed by atoms with Gasteiger partial charge in [0.25, 0.3) is 5.91 Å². The van der Waals surface area contributed by atoms with E-state index in [2.05, 4.69) is 10.3 Å². The van der Waals surface area contributed by atoms with Crippen molar-refractivity contribution in [3.8, 4) is 0 Å². The van der Waals surface area contributed by atoms with Gasteiger partial charge < -0.3 is 15.3 Å². The highest BCUT2D eigenvalue weighted by atomic mass is 35.5. The van der Waals surface area contributed by atoms with Crippen LogP contribution in [0, 0.1) is 0 Å². The molecule has 1 aromatic heterocycles. The summed E-state index contributed by atoms with van der Waals surface area (Å²) in [5.74, 6) is -1.14. The summed E-state index contributed by atoms with van der Waals surface area (Å²) in [7, 11) is 0. The van der Waals surface area contributed by atoms with Crippen molar-refractivity contribution in [3.63, 3.8) is 0 Å². The molecule has 7 heteroatoms. The highest BCUT2D eigenvalue weighted by molar-refractivity contribution is 6.34. The number of carboxylic acid groups (broad SMARTS) is 1. The molecule has 0 saturated carbocycles. The number of aromatic carboxylic acids is 1. The van der Waals surface area contributed by atoms with E-state index in [4.69, 9.17) is 11.6 Å². The normalized spacial score (nSPS) is 10.3. The fourth-order valence-electron chi connectivity index (χ4n) is 2.30. The zero-order chi connectivity index (χ0) is 17.7. The van der Waals surface area contributed by atoms with Crippen molar-refractivity contribution in [3.05, 3.63) is 52.7 Å². The van der Waals surface area contributed by atoms with E-state index in [1.165, 1.54) is 12.3 Å². The molecule has 2 aromatic rings. The Balaban J connectivity index is 2.32. The second-order valence-corrected chi connectivity index (χ2v) is 5.41. The maximum Gasteiger partial charge on any atom is 0.339 e. The van der Waals surface area contributed by atoms with E-state index in [0.29, 0.717) is 35.2 Å². The number of nitrogens with one attached hydrogen (secondary N) is 1. The van der Waals surface area contributed by atoms with Gasteiger partial charge in [0.15, 0.2) is 0 Å². The first-order valence-corrected chi connectivity index (χ1v) is 7.89. The van der Waals surface area contributed by atoms with Crippen LogP contribution < -0.4 is 10.2 Å². The highest BCUT2D eigenvalue weighted by Gasteiger charge is 2.18. The number of rotatable bonds is 6. The lowest BCUT2D eigenvalue weighted by Crippen LogP contribution is -2.25. The Labute approximate surface area is 145 Å². The Bertz CT molecular complexity index is 760. The van der Waals surface area contributed by atoms with Gasteiger partial charge >= 0.3 is 5.97 Å². The van der Waals surface area contributed by atoms with Crippen molar-refractivity contribution < 1.29 is 14.7 Å². The number of carboxylic acids is 1. The maximum absolute atomic E-state index is 12.3. The number of benzene rings is 1. The molecular formula is C17H18ClN3O3. The van der Waals surface area contributed by atoms with Crippen LogP contribution in [-0.2, 0) is 0 Å². The van der Waals surface area contributed by atoms with Crippen molar-refractivity contribution in [2.45, 2.75) is 13.8 Å². The van der Waals surface area contributed by atoms with Gasteiger partial charge in [0.05, 0.1) is 22.5 Å². The molecule has 24 heavy (non-hydrogen) atoms. The van der Waals surface area contributed by atoms with Crippen LogP contribution in [-0.4, -0.2) is 35.1 Å². The monoisotopic (exact) mass is 347 g/mol. The zero-order valence-corrected chi connectivity index (χ0v) is 14.2. The molecule has 2 rings (SSSR count). The van der Waals surface area contributed by atoms with Crippen molar-refractivity contribution in [1.29, 1.82) is 0 Å². The number of pyridine rings is 1. The predicted octanol–water partition coefficient (Wildman–Crippen LogP) is 3.53. The van der Waals surface area contributed by atoms with E-state index in [9.17, 15) is 14.7 Å². The first-order chi connectivity index (χ1) is 11.5. The Morgan fingerprint density at radius 3 is 2.46 bits per heavy atom. The molecule has 0 unspecified atom stereocenters. The summed E-state index contributed by atoms with van der Waals surface area (Å²) in [6, 6.07) is 8.03. The molecule has 0 radical (unpaired) electrons. The molecule has 1 heterocycles. The summed E-state index contributed by atoms with van der Waals surface area (Å²) in [4.78, 5) is 29.8. The fraction of sp³-hybridized carbons (Fsp3) is 0.235. The number of hydrogen-bond acceptors (Lipinski definition) is 4. The van der Waals surface area contributed by atoms with E-state index in [1.807, 2.05) is 18.7 Å². The van der Waals surface area contributed by atoms with Gasteiger partial charge in [0.2, 0.25) is 0 Å². The SMILES string of the molecule is CCN(CC)c1ncc(NC(=O)c2ccccc2Cl)cc1C(=O)O. The topological polar surface area (TPSA) is 82.5 Å². The van der Waals surface area contributed by atoms with Gasteiger partial charge in [0.1, 0.15) is 11.4 Å². The minimum Gasteiger partial charge on any atom is -0.478 e. The number of aromatic nitrogens is 1. The molecule has 0 saturated heterocycles. The lowest BCUT2D eigenvalue weighted by molar-refractivity contribution is 0.0697. The number of amides is 1. The molecule has 0 aliphatic carbocycles. The Hall–Kier alpha value is -2.60. The van der Waals surface area contributed by atoms with Crippen LogP contribution in [0.4, 0.5) is 11.5 Å². The molecule has 0 fully saturated rings. The van der Waals surface area contributed by atoms with E-state index in [1.54, 1.807) is 24.3 Å². The third kappa shape index (κ3) is 3.83. The van der Waals surface area contributed by atoms with Crippen molar-refractivity contribution in [2.24, 2.45) is 0 Å². The van der Waals surface area contributed by atoms with Crippen LogP contribution in [0.5, 0.6) is 0 Å². The molecule has 1 aromatic carbocycles. The standard InChI is InChI=1S/C17H18ClN3O3/c1-3-21(4-2)15-13(17(23)24)9-11(10-19-15)20-16(22)12-7-5-6-8-14(12)18/h5-10H,3-4H2,1-2H3,(H,20,22)(H,23,24). The summed E-state index contributed by atoms with van der Waals surface area (Å²) < 4.78 is 0. The largest absolute Gasteiger partial charge is 0.478 e. The molecule has 0 spiro atoms. The number of halogens is 1. The van der Waals surface area contributed by atoms with Gasteiger partial charge in [-0.2, -0.15) is 0 Å². The second-order valence-electron chi connectivity index (χ2n) is 5.01. The van der Waals surface area contributed by atoms with Crippen LogP contribution in [0.25, 0.3) is 0 Å². The number of nitrogens with zero attached hydrogens (tertiary/aromatic N) is 2. The van der Waals surface area contributed by atoms with Crippen molar-refractivity contribution in [1.82, 2.24) is 4.98 Å². The molecular weight excluding hydrogens is 330 g/mol. The average molecular weight is 348 g/mol. The number of carbonyl (C=O) groups excluding carboxylic acids is 1. The van der Waals surface area contributed by atoms with Gasteiger partial charge in [0, 0.05) is 13.1 Å². The minimum absolute atomic E-state index is 0.0376. The van der Waals surface area contributed by atoms with Gasteiger partial charge in [-0.05, 0) is 32.0 Å². The van der Waals surface area contributed by atoms with Crippen LogP contribution in [0.1, 0.15) is 34.6 Å². The van der Waals surface area contributed by atoms with E-state index in [-0.39, 0.29) is 5.56 Å². The average Bonchev–Trinajstić information content (AvgIpc) is 2.57. The van der Waals surface area contributed by atoms with E-state index in [0.717, 1.165) is 0 Å². The van der Waals surface area contributed by atoms with Crippen molar-refractivity contribution in [2.75, 3.05) is 23.3 Å². The number of anilines is 2. The third-order valence-corrected chi connectivity index (χ3v) is 3.87. The molecule has 0 atom stereocenters. The Morgan fingerprint density at radius 2 is 1.88 bits per heavy atom. The number of carbonyl (C=O) groups is 2. The quantitative estimate of drug-likeness (QED) is 0.835. The summed E-state index contributed by atoms with van der Waals surface area (Å²) in [6.45, 7) is 5.11. The highest BCUT2D eigenvalue weighted by Crippen LogP contribution is 2.23. The van der Waals surface area contributed by atoms with Gasteiger partial charge in [-0.25, -0.2) is 9.78 Å².